The van der Waals surface area contributed by atoms with Crippen molar-refractivity contribution in [1.82, 2.24) is 10.3 Å². The molecule has 144 valence electrons. The maximum absolute atomic E-state index is 13.4. The number of nitrogens with zero attached hydrogens (tertiary/aromatic N) is 3. The second-order valence-electron chi connectivity index (χ2n) is 6.68. The fourth-order valence-electron chi connectivity index (χ4n) is 3.27. The highest BCUT2D eigenvalue weighted by Gasteiger charge is 2.34. The summed E-state index contributed by atoms with van der Waals surface area (Å²) in [5.41, 5.74) is 1.25. The van der Waals surface area contributed by atoms with E-state index in [1.165, 1.54) is 23.9 Å². The maximum atomic E-state index is 13.4. The van der Waals surface area contributed by atoms with Crippen molar-refractivity contribution in [2.24, 2.45) is 10.1 Å². The highest BCUT2D eigenvalue weighted by molar-refractivity contribution is 8.13. The van der Waals surface area contributed by atoms with Gasteiger partial charge in [0.25, 0.3) is 5.91 Å². The number of fused-ring (bicyclic) bond motifs is 2. The quantitative estimate of drug-likeness (QED) is 0.791. The average molecular weight is 396 g/mol. The van der Waals surface area contributed by atoms with Crippen LogP contribution in [0.1, 0.15) is 37.9 Å². The van der Waals surface area contributed by atoms with Crippen molar-refractivity contribution in [3.63, 3.8) is 0 Å². The summed E-state index contributed by atoms with van der Waals surface area (Å²) in [7, 11) is 0. The number of thioether (sulfide) groups is 1. The molecule has 0 saturated carbocycles. The summed E-state index contributed by atoms with van der Waals surface area (Å²) in [6.45, 7) is 2.16. The summed E-state index contributed by atoms with van der Waals surface area (Å²) < 4.78 is 13.4. The zero-order valence-corrected chi connectivity index (χ0v) is 16.4. The van der Waals surface area contributed by atoms with Crippen LogP contribution in [0, 0.1) is 5.82 Å². The number of hydrogen-bond acceptors (Lipinski definition) is 5. The van der Waals surface area contributed by atoms with E-state index in [0.717, 1.165) is 41.2 Å². The molecule has 0 unspecified atom stereocenters. The molecule has 4 rings (SSSR count). The predicted molar refractivity (Wildman–Crippen MR) is 109 cm³/mol. The van der Waals surface area contributed by atoms with Crippen LogP contribution in [-0.2, 0) is 4.79 Å². The van der Waals surface area contributed by atoms with E-state index in [2.05, 4.69) is 17.3 Å². The molecule has 28 heavy (non-hydrogen) atoms. The number of carbonyl (C=O) groups excluding carboxylic acids is 1. The molecule has 0 radical (unpaired) electrons. The lowest BCUT2D eigenvalue weighted by Crippen LogP contribution is -2.50. The Morgan fingerprint density at radius 1 is 1.14 bits per heavy atom. The summed E-state index contributed by atoms with van der Waals surface area (Å²) in [6.07, 6.45) is 2.85. The van der Waals surface area contributed by atoms with Crippen molar-refractivity contribution in [1.29, 1.82) is 0 Å². The Labute approximate surface area is 167 Å². The van der Waals surface area contributed by atoms with E-state index >= 15 is 0 Å². The SMILES string of the molecule is CCCCCSC1=NN2C(=c3ccccc3=N[C@@H]2c2ccc(F)cc2)C(=O)N1. The minimum Gasteiger partial charge on any atom is -0.298 e. The molecule has 7 heteroatoms. The Balaban J connectivity index is 1.76. The first kappa shape index (κ1) is 18.7. The van der Waals surface area contributed by atoms with E-state index in [4.69, 9.17) is 4.99 Å². The van der Waals surface area contributed by atoms with Gasteiger partial charge in [0.05, 0.1) is 5.36 Å². The van der Waals surface area contributed by atoms with E-state index < -0.39 is 6.17 Å². The topological polar surface area (TPSA) is 57.1 Å². The van der Waals surface area contributed by atoms with Crippen molar-refractivity contribution in [3.05, 3.63) is 70.5 Å². The minimum absolute atomic E-state index is 0.192. The van der Waals surface area contributed by atoms with Gasteiger partial charge in [0.1, 0.15) is 11.5 Å². The summed E-state index contributed by atoms with van der Waals surface area (Å²) in [5, 5.41) is 11.3. The molecule has 2 aromatic rings. The first-order chi connectivity index (χ1) is 13.7. The van der Waals surface area contributed by atoms with Crippen LogP contribution in [0.4, 0.5) is 4.39 Å². The number of amides is 1. The largest absolute Gasteiger partial charge is 0.298 e. The number of para-hydroxylation sites is 1. The van der Waals surface area contributed by atoms with Gasteiger partial charge in [0.2, 0.25) is 0 Å². The number of hydrogen-bond donors (Lipinski definition) is 1. The molecular weight excluding hydrogens is 375 g/mol. The molecule has 2 aliphatic rings. The molecule has 0 fully saturated rings. The van der Waals surface area contributed by atoms with Crippen molar-refractivity contribution < 1.29 is 9.18 Å². The molecule has 0 bridgehead atoms. The summed E-state index contributed by atoms with van der Waals surface area (Å²) in [6, 6.07) is 13.7. The van der Waals surface area contributed by atoms with Gasteiger partial charge in [-0.1, -0.05) is 61.9 Å². The van der Waals surface area contributed by atoms with Crippen LogP contribution in [0.25, 0.3) is 5.70 Å². The Morgan fingerprint density at radius 3 is 2.71 bits per heavy atom. The second-order valence-corrected chi connectivity index (χ2v) is 7.76. The van der Waals surface area contributed by atoms with Crippen molar-refractivity contribution in [2.45, 2.75) is 32.4 Å². The highest BCUT2D eigenvalue weighted by Crippen LogP contribution is 2.30. The number of nitrogens with one attached hydrogen (secondary N) is 1. The third-order valence-electron chi connectivity index (χ3n) is 4.67. The number of unbranched alkanes of at least 4 members (excludes halogenated alkanes) is 2. The van der Waals surface area contributed by atoms with Crippen molar-refractivity contribution in [3.8, 4) is 0 Å². The van der Waals surface area contributed by atoms with Crippen LogP contribution < -0.4 is 15.9 Å². The molecule has 5 nitrogen and oxygen atoms in total. The van der Waals surface area contributed by atoms with Gasteiger partial charge in [0, 0.05) is 11.0 Å². The molecule has 0 aliphatic carbocycles. The molecule has 0 aromatic heterocycles. The molecule has 1 N–H and O–H groups in total. The Bertz CT molecular complexity index is 1040. The van der Waals surface area contributed by atoms with E-state index in [9.17, 15) is 9.18 Å². The molecule has 1 amide bonds. The first-order valence-corrected chi connectivity index (χ1v) is 10.4. The summed E-state index contributed by atoms with van der Waals surface area (Å²) in [4.78, 5) is 17.7. The zero-order chi connectivity index (χ0) is 19.5. The second kappa shape index (κ2) is 8.14. The molecule has 0 saturated heterocycles. The average Bonchev–Trinajstić information content (AvgIpc) is 2.71. The molecule has 2 aliphatic heterocycles. The van der Waals surface area contributed by atoms with Gasteiger partial charge in [-0.25, -0.2) is 9.40 Å². The lowest BCUT2D eigenvalue weighted by molar-refractivity contribution is -0.116. The molecule has 2 heterocycles. The molecule has 2 aromatic carbocycles. The number of carbonyl (C=O) groups is 1. The minimum atomic E-state index is -0.511. The van der Waals surface area contributed by atoms with E-state index in [-0.39, 0.29) is 11.7 Å². The molecular formula is C21H21FN4OS. The fourth-order valence-corrected chi connectivity index (χ4v) is 4.12. The Hall–Kier alpha value is -2.67. The fraction of sp³-hybridized carbons (Fsp3) is 0.286. The standard InChI is InChI=1S/C21H21FN4OS/c1-2-3-6-13-28-21-24-20(27)18-16-7-4-5-8-17(16)23-19(26(18)25-21)14-9-11-15(22)12-10-14/h4-5,7-12,19H,2-3,6,13H2,1H3,(H,24,25,27)/t19-/m0/s1. The van der Waals surface area contributed by atoms with Gasteiger partial charge in [-0.05, 0) is 30.2 Å². The van der Waals surface area contributed by atoms with Gasteiger partial charge in [0.15, 0.2) is 11.3 Å². The van der Waals surface area contributed by atoms with Gasteiger partial charge in [-0.3, -0.25) is 15.1 Å². The summed E-state index contributed by atoms with van der Waals surface area (Å²) >= 11 is 1.54. The van der Waals surface area contributed by atoms with Gasteiger partial charge >= 0.3 is 0 Å². The third kappa shape index (κ3) is 3.67. The highest BCUT2D eigenvalue weighted by atomic mass is 32.2. The Kier molecular flexibility index (Phi) is 5.43. The first-order valence-electron chi connectivity index (χ1n) is 9.42. The van der Waals surface area contributed by atoms with Gasteiger partial charge < -0.3 is 0 Å². The number of benzene rings is 2. The van der Waals surface area contributed by atoms with Crippen LogP contribution in [0.2, 0.25) is 0 Å². The van der Waals surface area contributed by atoms with E-state index in [0.29, 0.717) is 10.9 Å². The molecule has 0 spiro atoms. The zero-order valence-electron chi connectivity index (χ0n) is 15.6. The summed E-state index contributed by atoms with van der Waals surface area (Å²) in [5.74, 6) is 0.393. The normalized spacial score (nSPS) is 18.0. The smallest absolute Gasteiger partial charge is 0.276 e. The van der Waals surface area contributed by atoms with E-state index in [1.54, 1.807) is 17.1 Å². The lowest BCUT2D eigenvalue weighted by Gasteiger charge is -2.34. The van der Waals surface area contributed by atoms with Crippen LogP contribution in [0.5, 0.6) is 0 Å². The lowest BCUT2D eigenvalue weighted by atomic mass is 10.1. The third-order valence-corrected chi connectivity index (χ3v) is 5.62. The van der Waals surface area contributed by atoms with Crippen LogP contribution >= 0.6 is 11.8 Å². The number of hydrazone groups is 1. The van der Waals surface area contributed by atoms with Gasteiger partial charge in [-0.15, -0.1) is 5.10 Å². The van der Waals surface area contributed by atoms with Crippen LogP contribution in [0.3, 0.4) is 0 Å². The monoisotopic (exact) mass is 396 g/mol. The van der Waals surface area contributed by atoms with Gasteiger partial charge in [-0.2, -0.15) is 0 Å². The van der Waals surface area contributed by atoms with Crippen molar-refractivity contribution in [2.75, 3.05) is 5.75 Å². The predicted octanol–water partition coefficient (Wildman–Crippen LogP) is 2.89. The number of rotatable bonds is 5. The van der Waals surface area contributed by atoms with Crippen molar-refractivity contribution >= 4 is 28.5 Å². The van der Waals surface area contributed by atoms with Crippen LogP contribution in [0.15, 0.2) is 58.6 Å². The maximum Gasteiger partial charge on any atom is 0.276 e. The number of halogens is 1. The number of amidine groups is 1. The Morgan fingerprint density at radius 2 is 1.93 bits per heavy atom. The van der Waals surface area contributed by atoms with Crippen LogP contribution in [-0.4, -0.2) is 21.8 Å². The van der Waals surface area contributed by atoms with E-state index in [1.807, 2.05) is 24.3 Å². The molecule has 1 atom stereocenters.